The molecule has 5 heteroatoms. The summed E-state index contributed by atoms with van der Waals surface area (Å²) in [6.07, 6.45) is 2.28. The molecule has 0 saturated carbocycles. The molecule has 4 nitrogen and oxygen atoms in total. The van der Waals surface area contributed by atoms with Crippen molar-refractivity contribution in [3.8, 4) is 0 Å². The van der Waals surface area contributed by atoms with Crippen LogP contribution in [0.1, 0.15) is 23.8 Å². The number of imidazole rings is 1. The maximum Gasteiger partial charge on any atom is 0.354 e. The van der Waals surface area contributed by atoms with Gasteiger partial charge in [0, 0.05) is 12.7 Å². The summed E-state index contributed by atoms with van der Waals surface area (Å²) >= 11 is 4.90. The van der Waals surface area contributed by atoms with Crippen molar-refractivity contribution in [2.24, 2.45) is 0 Å². The van der Waals surface area contributed by atoms with E-state index in [2.05, 4.69) is 4.98 Å². The standard InChI is InChI=1S/C7H10N2O2S/c1-2-3-9-5(6(10)11)4-8-7(9)12/h4H,2-3H2,1H3,(H,8,12)(H,10,11). The predicted octanol–water partition coefficient (Wildman–Crippen LogP) is 1.65. The van der Waals surface area contributed by atoms with Gasteiger partial charge < -0.3 is 14.7 Å². The first-order valence-electron chi connectivity index (χ1n) is 3.68. The van der Waals surface area contributed by atoms with Crippen molar-refractivity contribution in [2.45, 2.75) is 19.9 Å². The molecule has 0 radical (unpaired) electrons. The number of H-pyrrole nitrogens is 1. The lowest BCUT2D eigenvalue weighted by Gasteiger charge is -2.01. The molecule has 0 amide bonds. The average Bonchev–Trinajstić information content (AvgIpc) is 2.34. The highest BCUT2D eigenvalue weighted by molar-refractivity contribution is 7.71. The zero-order chi connectivity index (χ0) is 9.14. The SMILES string of the molecule is CCCn1c(C(=O)O)c[nH]c1=S. The highest BCUT2D eigenvalue weighted by Gasteiger charge is 2.09. The molecule has 1 rings (SSSR count). The van der Waals surface area contributed by atoms with Gasteiger partial charge in [-0.15, -0.1) is 0 Å². The van der Waals surface area contributed by atoms with Gasteiger partial charge in [0.15, 0.2) is 4.77 Å². The van der Waals surface area contributed by atoms with Gasteiger partial charge in [0.2, 0.25) is 0 Å². The maximum atomic E-state index is 10.6. The Bertz CT molecular complexity index is 339. The third-order valence-corrected chi connectivity index (χ3v) is 1.87. The Balaban J connectivity index is 3.12. The summed E-state index contributed by atoms with van der Waals surface area (Å²) in [6.45, 7) is 2.62. The Morgan fingerprint density at radius 1 is 1.83 bits per heavy atom. The van der Waals surface area contributed by atoms with Crippen LogP contribution in [0, 0.1) is 4.77 Å². The fraction of sp³-hybridized carbons (Fsp3) is 0.429. The fourth-order valence-electron chi connectivity index (χ4n) is 1.02. The number of carbonyl (C=O) groups is 1. The molecule has 2 N–H and O–H groups in total. The van der Waals surface area contributed by atoms with Crippen LogP contribution in [-0.4, -0.2) is 20.6 Å². The summed E-state index contributed by atoms with van der Waals surface area (Å²) in [5, 5.41) is 8.72. The number of aromatic carboxylic acids is 1. The molecule has 0 aliphatic carbocycles. The van der Waals surface area contributed by atoms with Crippen LogP contribution in [0.2, 0.25) is 0 Å². The lowest BCUT2D eigenvalue weighted by molar-refractivity contribution is 0.0685. The molecule has 0 aliphatic rings. The molecule has 0 aliphatic heterocycles. The number of rotatable bonds is 3. The number of hydrogen-bond acceptors (Lipinski definition) is 2. The number of carboxylic acid groups (broad SMARTS) is 1. The molecular formula is C7H10N2O2S. The Labute approximate surface area is 74.8 Å². The number of hydrogen-bond donors (Lipinski definition) is 2. The third-order valence-electron chi connectivity index (χ3n) is 1.53. The van der Waals surface area contributed by atoms with E-state index in [1.807, 2.05) is 6.92 Å². The number of nitrogens with one attached hydrogen (secondary N) is 1. The minimum absolute atomic E-state index is 0.224. The highest BCUT2D eigenvalue weighted by Crippen LogP contribution is 2.02. The van der Waals surface area contributed by atoms with E-state index in [9.17, 15) is 4.79 Å². The van der Waals surface area contributed by atoms with E-state index < -0.39 is 5.97 Å². The van der Waals surface area contributed by atoms with E-state index in [1.54, 1.807) is 4.57 Å². The molecule has 0 spiro atoms. The van der Waals surface area contributed by atoms with E-state index in [1.165, 1.54) is 6.20 Å². The van der Waals surface area contributed by atoms with Gasteiger partial charge in [-0.25, -0.2) is 4.79 Å². The summed E-state index contributed by atoms with van der Waals surface area (Å²) in [5.41, 5.74) is 0.224. The van der Waals surface area contributed by atoms with Crippen molar-refractivity contribution in [3.05, 3.63) is 16.7 Å². The molecule has 0 saturated heterocycles. The first-order chi connectivity index (χ1) is 5.66. The number of aromatic nitrogens is 2. The van der Waals surface area contributed by atoms with E-state index in [-0.39, 0.29) is 5.69 Å². The minimum Gasteiger partial charge on any atom is -0.477 e. The van der Waals surface area contributed by atoms with Crippen LogP contribution in [0.25, 0.3) is 0 Å². The first kappa shape index (κ1) is 8.99. The molecule has 0 atom stereocenters. The molecule has 0 bridgehead atoms. The van der Waals surface area contributed by atoms with Gasteiger partial charge in [0.25, 0.3) is 0 Å². The summed E-state index contributed by atoms with van der Waals surface area (Å²) in [4.78, 5) is 13.3. The van der Waals surface area contributed by atoms with Crippen molar-refractivity contribution < 1.29 is 9.90 Å². The second-order valence-corrected chi connectivity index (χ2v) is 2.82. The van der Waals surface area contributed by atoms with Gasteiger partial charge in [-0.05, 0) is 18.6 Å². The molecule has 0 unspecified atom stereocenters. The van der Waals surface area contributed by atoms with E-state index in [0.29, 0.717) is 11.3 Å². The quantitative estimate of drug-likeness (QED) is 0.706. The fourth-order valence-corrected chi connectivity index (χ4v) is 1.27. The van der Waals surface area contributed by atoms with Gasteiger partial charge >= 0.3 is 5.97 Å². The minimum atomic E-state index is -0.948. The van der Waals surface area contributed by atoms with Crippen LogP contribution in [0.3, 0.4) is 0 Å². The van der Waals surface area contributed by atoms with E-state index >= 15 is 0 Å². The number of carboxylic acids is 1. The van der Waals surface area contributed by atoms with Crippen molar-refractivity contribution >= 4 is 18.2 Å². The zero-order valence-electron chi connectivity index (χ0n) is 6.70. The molecule has 1 aromatic rings. The lowest BCUT2D eigenvalue weighted by Crippen LogP contribution is -2.07. The van der Waals surface area contributed by atoms with Gasteiger partial charge in [0.1, 0.15) is 5.69 Å². The molecule has 0 fully saturated rings. The topological polar surface area (TPSA) is 58.0 Å². The smallest absolute Gasteiger partial charge is 0.354 e. The molecule has 12 heavy (non-hydrogen) atoms. The second kappa shape index (κ2) is 3.53. The monoisotopic (exact) mass is 186 g/mol. The molecule has 0 aromatic carbocycles. The summed E-state index contributed by atoms with van der Waals surface area (Å²) in [6, 6.07) is 0. The first-order valence-corrected chi connectivity index (χ1v) is 4.09. The Hall–Kier alpha value is -1.10. The normalized spacial score (nSPS) is 10.1. The van der Waals surface area contributed by atoms with Crippen molar-refractivity contribution in [2.75, 3.05) is 0 Å². The Morgan fingerprint density at radius 3 is 3.00 bits per heavy atom. The number of nitrogens with zero attached hydrogens (tertiary/aromatic N) is 1. The van der Waals surface area contributed by atoms with Crippen LogP contribution < -0.4 is 0 Å². The van der Waals surface area contributed by atoms with Gasteiger partial charge in [-0.1, -0.05) is 6.92 Å². The predicted molar refractivity (Wildman–Crippen MR) is 46.9 cm³/mol. The van der Waals surface area contributed by atoms with Crippen molar-refractivity contribution in [3.63, 3.8) is 0 Å². The van der Waals surface area contributed by atoms with Crippen LogP contribution in [0.4, 0.5) is 0 Å². The van der Waals surface area contributed by atoms with Crippen LogP contribution >= 0.6 is 12.2 Å². The second-order valence-electron chi connectivity index (χ2n) is 2.44. The molecular weight excluding hydrogens is 176 g/mol. The average molecular weight is 186 g/mol. The van der Waals surface area contributed by atoms with E-state index in [0.717, 1.165) is 6.42 Å². The van der Waals surface area contributed by atoms with E-state index in [4.69, 9.17) is 17.3 Å². The van der Waals surface area contributed by atoms with Gasteiger partial charge in [-0.3, -0.25) is 0 Å². The van der Waals surface area contributed by atoms with Crippen molar-refractivity contribution in [1.29, 1.82) is 0 Å². The molecule has 1 heterocycles. The largest absolute Gasteiger partial charge is 0.477 e. The van der Waals surface area contributed by atoms with Crippen LogP contribution in [0.15, 0.2) is 6.20 Å². The van der Waals surface area contributed by atoms with Gasteiger partial charge in [0.05, 0.1) is 0 Å². The lowest BCUT2D eigenvalue weighted by atomic mass is 10.4. The van der Waals surface area contributed by atoms with Crippen LogP contribution in [0.5, 0.6) is 0 Å². The van der Waals surface area contributed by atoms with Crippen LogP contribution in [-0.2, 0) is 6.54 Å². The summed E-state index contributed by atoms with van der Waals surface area (Å²) in [7, 11) is 0. The molecule has 66 valence electrons. The summed E-state index contributed by atoms with van der Waals surface area (Å²) < 4.78 is 2.05. The number of aromatic amines is 1. The Kier molecular flexibility index (Phi) is 2.65. The third kappa shape index (κ3) is 1.55. The molecule has 1 aromatic heterocycles. The van der Waals surface area contributed by atoms with Crippen molar-refractivity contribution in [1.82, 2.24) is 9.55 Å². The maximum absolute atomic E-state index is 10.6. The zero-order valence-corrected chi connectivity index (χ0v) is 7.52. The highest BCUT2D eigenvalue weighted by atomic mass is 32.1. The summed E-state index contributed by atoms with van der Waals surface area (Å²) in [5.74, 6) is -0.948. The van der Waals surface area contributed by atoms with Gasteiger partial charge in [-0.2, -0.15) is 0 Å². The Morgan fingerprint density at radius 2 is 2.50 bits per heavy atom.